The van der Waals surface area contributed by atoms with E-state index < -0.39 is 12.7 Å². The molecule has 0 aliphatic heterocycles. The summed E-state index contributed by atoms with van der Waals surface area (Å²) in [5.41, 5.74) is 0.792. The number of alkyl halides is 2. The molecular formula is C17H19Cl2F2NO4S. The molecule has 1 aromatic carbocycles. The summed E-state index contributed by atoms with van der Waals surface area (Å²) < 4.78 is 35.4. The molecule has 0 saturated carbocycles. The maximum absolute atomic E-state index is 12.5. The maximum Gasteiger partial charge on any atom is 0.387 e. The normalized spacial score (nSPS) is 12.0. The molecule has 0 spiro atoms. The molecule has 0 aliphatic rings. The highest BCUT2D eigenvalue weighted by atomic mass is 35.5. The number of nitrogens with zero attached hydrogens (tertiary/aromatic N) is 1. The van der Waals surface area contributed by atoms with Crippen LogP contribution < -0.4 is 14.2 Å². The van der Waals surface area contributed by atoms with Gasteiger partial charge in [0.25, 0.3) is 0 Å². The van der Waals surface area contributed by atoms with Crippen molar-refractivity contribution >= 4 is 36.7 Å². The lowest BCUT2D eigenvalue weighted by Gasteiger charge is -2.18. The van der Waals surface area contributed by atoms with Crippen molar-refractivity contribution in [3.05, 3.63) is 57.0 Å². The first-order valence-corrected chi connectivity index (χ1v) is 8.43. The average Bonchev–Trinajstić information content (AvgIpc) is 2.51. The van der Waals surface area contributed by atoms with E-state index in [0.29, 0.717) is 15.9 Å². The zero-order valence-corrected chi connectivity index (χ0v) is 17.0. The Bertz CT molecular complexity index is 758. The number of benzene rings is 1. The number of aromatic nitrogens is 1. The molecule has 27 heavy (non-hydrogen) atoms. The van der Waals surface area contributed by atoms with Crippen molar-refractivity contribution in [1.82, 2.24) is 0 Å². The molecule has 0 aliphatic carbocycles. The standard InChI is InChI=1S/C17H17Cl2F2NO4.H2S/c1-9(2)25-16-5-10(3-4-15(16)26-17(20)21)14(23)6-11-12(18)7-22(24)8-13(11)19;/h3-5,7-9,14,17,23H,6H2,1-2H3;1H2/t14-;/m0./s1. The maximum atomic E-state index is 12.5. The van der Waals surface area contributed by atoms with E-state index in [1.165, 1.54) is 18.2 Å². The van der Waals surface area contributed by atoms with Crippen LogP contribution in [-0.2, 0) is 6.42 Å². The topological polar surface area (TPSA) is 65.6 Å². The number of hydrogen-bond donors (Lipinski definition) is 1. The van der Waals surface area contributed by atoms with Crippen molar-refractivity contribution in [2.24, 2.45) is 0 Å². The van der Waals surface area contributed by atoms with E-state index in [9.17, 15) is 19.1 Å². The van der Waals surface area contributed by atoms with Gasteiger partial charge in [0.1, 0.15) is 10.0 Å². The van der Waals surface area contributed by atoms with Crippen LogP contribution in [0.2, 0.25) is 10.0 Å². The quantitative estimate of drug-likeness (QED) is 0.510. The summed E-state index contributed by atoms with van der Waals surface area (Å²) in [7, 11) is 0. The molecule has 0 bridgehead atoms. The smallest absolute Gasteiger partial charge is 0.387 e. The Morgan fingerprint density at radius 2 is 1.70 bits per heavy atom. The molecule has 0 saturated heterocycles. The van der Waals surface area contributed by atoms with Crippen LogP contribution in [0.25, 0.3) is 0 Å². The van der Waals surface area contributed by atoms with E-state index in [2.05, 4.69) is 4.74 Å². The van der Waals surface area contributed by atoms with Crippen molar-refractivity contribution < 1.29 is 28.1 Å². The Balaban J connectivity index is 0.00000364. The van der Waals surface area contributed by atoms with Crippen LogP contribution in [0.3, 0.4) is 0 Å². The van der Waals surface area contributed by atoms with Crippen molar-refractivity contribution in [3.63, 3.8) is 0 Å². The van der Waals surface area contributed by atoms with Crippen molar-refractivity contribution in [2.75, 3.05) is 0 Å². The second kappa shape index (κ2) is 10.2. The third kappa shape index (κ3) is 6.57. The first-order valence-electron chi connectivity index (χ1n) is 7.67. The van der Waals surface area contributed by atoms with Gasteiger partial charge in [-0.1, -0.05) is 29.3 Å². The van der Waals surface area contributed by atoms with E-state index in [-0.39, 0.29) is 47.6 Å². The van der Waals surface area contributed by atoms with Gasteiger partial charge in [0.2, 0.25) is 0 Å². The lowest BCUT2D eigenvalue weighted by Crippen LogP contribution is -2.25. The number of pyridine rings is 1. The number of halogens is 4. The SMILES string of the molecule is CC(C)Oc1cc([C@@H](O)Cc2c(Cl)c[n+]([O-])cc2Cl)ccc1OC(F)F.S. The number of aliphatic hydroxyl groups is 1. The van der Waals surface area contributed by atoms with E-state index >= 15 is 0 Å². The fraction of sp³-hybridized carbons (Fsp3) is 0.353. The largest absolute Gasteiger partial charge is 0.619 e. The molecule has 0 unspecified atom stereocenters. The van der Waals surface area contributed by atoms with Gasteiger partial charge in [0.05, 0.1) is 12.2 Å². The summed E-state index contributed by atoms with van der Waals surface area (Å²) >= 11 is 12.0. The molecule has 0 radical (unpaired) electrons. The monoisotopic (exact) mass is 441 g/mol. The highest BCUT2D eigenvalue weighted by Crippen LogP contribution is 2.34. The van der Waals surface area contributed by atoms with Crippen LogP contribution in [0.4, 0.5) is 8.78 Å². The van der Waals surface area contributed by atoms with E-state index in [1.54, 1.807) is 13.8 Å². The summed E-state index contributed by atoms with van der Waals surface area (Å²) in [6.45, 7) is 0.467. The molecule has 1 atom stereocenters. The van der Waals surface area contributed by atoms with Crippen molar-refractivity contribution in [3.8, 4) is 11.5 Å². The van der Waals surface area contributed by atoms with E-state index in [4.69, 9.17) is 27.9 Å². The van der Waals surface area contributed by atoms with Gasteiger partial charge in [-0.05, 0) is 31.5 Å². The predicted molar refractivity (Wildman–Crippen MR) is 103 cm³/mol. The number of ether oxygens (including phenoxy) is 2. The highest BCUT2D eigenvalue weighted by molar-refractivity contribution is 7.59. The second-order valence-electron chi connectivity index (χ2n) is 5.76. The minimum Gasteiger partial charge on any atom is -0.619 e. The Morgan fingerprint density at radius 3 is 2.22 bits per heavy atom. The first-order chi connectivity index (χ1) is 12.2. The molecule has 1 heterocycles. The molecule has 150 valence electrons. The summed E-state index contributed by atoms with van der Waals surface area (Å²) in [6.07, 6.45) is 0.940. The van der Waals surface area contributed by atoms with E-state index in [1.807, 2.05) is 0 Å². The Hall–Kier alpha value is -1.48. The average molecular weight is 442 g/mol. The third-order valence-corrected chi connectivity index (χ3v) is 4.04. The zero-order chi connectivity index (χ0) is 19.4. The van der Waals surface area contributed by atoms with E-state index in [0.717, 1.165) is 12.4 Å². The summed E-state index contributed by atoms with van der Waals surface area (Å²) in [5, 5.41) is 22.0. The van der Waals surface area contributed by atoms with Gasteiger partial charge in [0.15, 0.2) is 23.9 Å². The van der Waals surface area contributed by atoms with Crippen LogP contribution in [0.15, 0.2) is 30.6 Å². The minimum atomic E-state index is -3.00. The molecule has 0 amide bonds. The fourth-order valence-corrected chi connectivity index (χ4v) is 2.91. The molecule has 1 aromatic heterocycles. The molecule has 0 fully saturated rings. The molecular weight excluding hydrogens is 423 g/mol. The Kier molecular flexibility index (Phi) is 8.87. The summed E-state index contributed by atoms with van der Waals surface area (Å²) in [4.78, 5) is 0. The first kappa shape index (κ1) is 23.6. The van der Waals surface area contributed by atoms with Gasteiger partial charge in [-0.3, -0.25) is 0 Å². The molecule has 2 aromatic rings. The van der Waals surface area contributed by atoms with Crippen molar-refractivity contribution in [2.45, 2.75) is 39.1 Å². The van der Waals surface area contributed by atoms with Crippen molar-refractivity contribution in [1.29, 1.82) is 0 Å². The van der Waals surface area contributed by atoms with Gasteiger partial charge in [-0.2, -0.15) is 27.0 Å². The van der Waals surface area contributed by atoms with Gasteiger partial charge in [-0.15, -0.1) is 0 Å². The van der Waals surface area contributed by atoms with Gasteiger partial charge in [0, 0.05) is 12.0 Å². The van der Waals surface area contributed by atoms with Gasteiger partial charge in [-0.25, -0.2) is 0 Å². The zero-order valence-electron chi connectivity index (χ0n) is 14.5. The lowest BCUT2D eigenvalue weighted by molar-refractivity contribution is -0.605. The minimum absolute atomic E-state index is 0. The Morgan fingerprint density at radius 1 is 1.11 bits per heavy atom. The van der Waals surface area contributed by atoms with Crippen LogP contribution in [0.5, 0.6) is 11.5 Å². The highest BCUT2D eigenvalue weighted by Gasteiger charge is 2.20. The van der Waals surface area contributed by atoms with Crippen LogP contribution in [-0.4, -0.2) is 17.8 Å². The lowest BCUT2D eigenvalue weighted by atomic mass is 10.0. The number of aliphatic hydroxyl groups excluding tert-OH is 1. The number of hydrogen-bond acceptors (Lipinski definition) is 4. The van der Waals surface area contributed by atoms with Gasteiger partial charge < -0.3 is 19.8 Å². The molecule has 10 heteroatoms. The van der Waals surface area contributed by atoms with Crippen LogP contribution in [0, 0.1) is 5.21 Å². The number of rotatable bonds is 7. The fourth-order valence-electron chi connectivity index (χ4n) is 2.31. The van der Waals surface area contributed by atoms with Crippen LogP contribution >= 0.6 is 36.7 Å². The van der Waals surface area contributed by atoms with Gasteiger partial charge >= 0.3 is 6.61 Å². The summed E-state index contributed by atoms with van der Waals surface area (Å²) in [5.74, 6) is -0.0488. The second-order valence-corrected chi connectivity index (χ2v) is 6.58. The predicted octanol–water partition coefficient (Wildman–Crippen LogP) is 4.40. The van der Waals surface area contributed by atoms with Crippen LogP contribution in [0.1, 0.15) is 31.1 Å². The Labute approximate surface area is 172 Å². The molecule has 5 nitrogen and oxygen atoms in total. The molecule has 1 N–H and O–H groups in total. The summed E-state index contributed by atoms with van der Waals surface area (Å²) in [6, 6.07) is 4.15. The third-order valence-electron chi connectivity index (χ3n) is 3.39. The molecule has 2 rings (SSSR count).